The summed E-state index contributed by atoms with van der Waals surface area (Å²) in [5.41, 5.74) is 1.46. The molecule has 2 aromatic carbocycles. The van der Waals surface area contributed by atoms with Crippen LogP contribution in [0, 0.1) is 6.92 Å². The normalized spacial score (nSPS) is 12.4. The monoisotopic (exact) mass is 454 g/mol. The number of rotatable bonds is 11. The fourth-order valence-corrected chi connectivity index (χ4v) is 4.20. The number of sulfonamides is 1. The summed E-state index contributed by atoms with van der Waals surface area (Å²) in [6.45, 7) is 4.30. The summed E-state index contributed by atoms with van der Waals surface area (Å²) in [6, 6.07) is 11.0. The van der Waals surface area contributed by atoms with Gasteiger partial charge in [-0.3, -0.25) is 4.79 Å². The molecule has 2 N–H and O–H groups in total. The number of halogens is 1. The molecule has 0 saturated carbocycles. The van der Waals surface area contributed by atoms with Crippen molar-refractivity contribution in [2.75, 3.05) is 25.6 Å². The predicted molar refractivity (Wildman–Crippen MR) is 118 cm³/mol. The van der Waals surface area contributed by atoms with Gasteiger partial charge in [-0.1, -0.05) is 11.6 Å². The lowest BCUT2D eigenvalue weighted by atomic mass is 10.2. The highest BCUT2D eigenvalue weighted by molar-refractivity contribution is 7.89. The number of benzene rings is 2. The van der Waals surface area contributed by atoms with Crippen molar-refractivity contribution < 1.29 is 22.7 Å². The van der Waals surface area contributed by atoms with Gasteiger partial charge in [0.1, 0.15) is 5.75 Å². The van der Waals surface area contributed by atoms with E-state index >= 15 is 0 Å². The first-order valence-corrected chi connectivity index (χ1v) is 11.4. The third kappa shape index (κ3) is 7.60. The van der Waals surface area contributed by atoms with Gasteiger partial charge in [-0.25, -0.2) is 13.1 Å². The Kier molecular flexibility index (Phi) is 9.10. The zero-order chi connectivity index (χ0) is 22.1. The van der Waals surface area contributed by atoms with Crippen LogP contribution in [0.15, 0.2) is 47.4 Å². The van der Waals surface area contributed by atoms with Crippen molar-refractivity contribution in [2.24, 2.45) is 0 Å². The van der Waals surface area contributed by atoms with Crippen molar-refractivity contribution in [3.8, 4) is 5.75 Å². The summed E-state index contributed by atoms with van der Waals surface area (Å²) in [7, 11) is -2.14. The second-order valence-electron chi connectivity index (χ2n) is 6.91. The number of nitrogens with one attached hydrogen (secondary N) is 2. The second-order valence-corrected chi connectivity index (χ2v) is 9.06. The van der Waals surface area contributed by atoms with E-state index in [4.69, 9.17) is 21.1 Å². The van der Waals surface area contributed by atoms with E-state index < -0.39 is 10.0 Å². The molecule has 0 bridgehead atoms. The van der Waals surface area contributed by atoms with Crippen LogP contribution in [-0.2, 0) is 19.6 Å². The zero-order valence-corrected chi connectivity index (χ0v) is 18.8. The zero-order valence-electron chi connectivity index (χ0n) is 17.3. The van der Waals surface area contributed by atoms with Crippen molar-refractivity contribution in [3.63, 3.8) is 0 Å². The number of hydrogen-bond donors (Lipinski definition) is 2. The minimum absolute atomic E-state index is 0.121. The van der Waals surface area contributed by atoms with E-state index in [-0.39, 0.29) is 29.9 Å². The lowest BCUT2D eigenvalue weighted by molar-refractivity contribution is -0.116. The molecule has 0 fully saturated rings. The molecule has 1 atom stereocenters. The number of ether oxygens (including phenoxy) is 2. The molecule has 2 aromatic rings. The maximum atomic E-state index is 12.3. The fourth-order valence-electron chi connectivity index (χ4n) is 2.75. The van der Waals surface area contributed by atoms with Crippen LogP contribution in [0.5, 0.6) is 5.75 Å². The van der Waals surface area contributed by atoms with Crippen LogP contribution in [0.3, 0.4) is 0 Å². The number of methoxy groups -OCH3 is 1. The van der Waals surface area contributed by atoms with Gasteiger partial charge in [0.15, 0.2) is 0 Å². The number of hydrogen-bond acceptors (Lipinski definition) is 5. The van der Waals surface area contributed by atoms with E-state index in [9.17, 15) is 13.2 Å². The Labute approximate surface area is 182 Å². The number of carbonyl (C=O) groups is 1. The van der Waals surface area contributed by atoms with Gasteiger partial charge in [-0.05, 0) is 68.3 Å². The van der Waals surface area contributed by atoms with Crippen molar-refractivity contribution in [1.29, 1.82) is 0 Å². The highest BCUT2D eigenvalue weighted by Gasteiger charge is 2.17. The van der Waals surface area contributed by atoms with Gasteiger partial charge in [0.25, 0.3) is 0 Å². The van der Waals surface area contributed by atoms with Gasteiger partial charge in [0.2, 0.25) is 15.9 Å². The SMILES string of the molecule is COCC(C)NS(=O)(=O)c1ccc(NC(=O)CCCOc2ccc(Cl)cc2C)cc1. The summed E-state index contributed by atoms with van der Waals surface area (Å²) in [6.07, 6.45) is 0.824. The molecule has 2 rings (SSSR count). The van der Waals surface area contributed by atoms with E-state index in [1.54, 1.807) is 31.2 Å². The number of anilines is 1. The maximum absolute atomic E-state index is 12.3. The highest BCUT2D eigenvalue weighted by atomic mass is 35.5. The predicted octanol–water partition coefficient (Wildman–Crippen LogP) is 3.76. The van der Waals surface area contributed by atoms with Crippen LogP contribution in [-0.4, -0.2) is 40.7 Å². The Morgan fingerprint density at radius 1 is 1.17 bits per heavy atom. The highest BCUT2D eigenvalue weighted by Crippen LogP contribution is 2.22. The van der Waals surface area contributed by atoms with Crippen LogP contribution in [0.1, 0.15) is 25.3 Å². The van der Waals surface area contributed by atoms with E-state index in [2.05, 4.69) is 10.0 Å². The van der Waals surface area contributed by atoms with Gasteiger partial charge in [0, 0.05) is 30.3 Å². The molecule has 0 heterocycles. The number of carbonyl (C=O) groups excluding carboxylic acids is 1. The molecule has 1 unspecified atom stereocenters. The topological polar surface area (TPSA) is 93.7 Å². The van der Waals surface area contributed by atoms with E-state index in [0.29, 0.717) is 23.7 Å². The molecule has 0 aliphatic carbocycles. The Hall–Kier alpha value is -2.13. The van der Waals surface area contributed by atoms with Gasteiger partial charge < -0.3 is 14.8 Å². The quantitative estimate of drug-likeness (QED) is 0.504. The number of amides is 1. The lowest BCUT2D eigenvalue weighted by Gasteiger charge is -2.13. The summed E-state index contributed by atoms with van der Waals surface area (Å²) in [5, 5.41) is 3.40. The first kappa shape index (κ1) is 24.1. The molecule has 0 radical (unpaired) electrons. The lowest BCUT2D eigenvalue weighted by Crippen LogP contribution is -2.35. The van der Waals surface area contributed by atoms with Gasteiger partial charge in [-0.2, -0.15) is 0 Å². The molecule has 9 heteroatoms. The van der Waals surface area contributed by atoms with Crippen LogP contribution >= 0.6 is 11.6 Å². The Morgan fingerprint density at radius 2 is 1.87 bits per heavy atom. The Morgan fingerprint density at radius 3 is 2.50 bits per heavy atom. The summed E-state index contributed by atoms with van der Waals surface area (Å²) in [5.74, 6) is 0.568. The molecular formula is C21H27ClN2O5S. The first-order valence-electron chi connectivity index (χ1n) is 9.51. The standard InChI is InChI=1S/C21H27ClN2O5S/c1-15-13-17(22)6-11-20(15)29-12-4-5-21(25)23-18-7-9-19(10-8-18)30(26,27)24-16(2)14-28-3/h6-11,13,16,24H,4-5,12,14H2,1-3H3,(H,23,25). The third-order valence-corrected chi connectivity index (χ3v) is 6.00. The molecule has 30 heavy (non-hydrogen) atoms. The molecule has 7 nitrogen and oxygen atoms in total. The van der Waals surface area contributed by atoms with E-state index in [1.807, 2.05) is 13.0 Å². The van der Waals surface area contributed by atoms with Crippen molar-refractivity contribution in [1.82, 2.24) is 4.72 Å². The van der Waals surface area contributed by atoms with Crippen LogP contribution < -0.4 is 14.8 Å². The average Bonchev–Trinajstić information content (AvgIpc) is 2.67. The molecule has 0 aromatic heterocycles. The van der Waals surface area contributed by atoms with Crippen molar-refractivity contribution in [2.45, 2.75) is 37.6 Å². The average molecular weight is 455 g/mol. The van der Waals surface area contributed by atoms with Gasteiger partial charge in [0.05, 0.1) is 18.1 Å². The minimum Gasteiger partial charge on any atom is -0.493 e. The van der Waals surface area contributed by atoms with Gasteiger partial charge in [-0.15, -0.1) is 0 Å². The fraction of sp³-hybridized carbons (Fsp3) is 0.381. The summed E-state index contributed by atoms with van der Waals surface area (Å²) < 4.78 is 37.8. The molecule has 164 valence electrons. The number of aryl methyl sites for hydroxylation is 1. The molecular weight excluding hydrogens is 428 g/mol. The smallest absolute Gasteiger partial charge is 0.240 e. The van der Waals surface area contributed by atoms with Crippen LogP contribution in [0.2, 0.25) is 5.02 Å². The molecule has 0 aliphatic heterocycles. The Bertz CT molecular complexity index is 948. The van der Waals surface area contributed by atoms with Crippen LogP contribution in [0.25, 0.3) is 0 Å². The summed E-state index contributed by atoms with van der Waals surface area (Å²) >= 11 is 5.92. The van der Waals surface area contributed by atoms with Gasteiger partial charge >= 0.3 is 0 Å². The minimum atomic E-state index is -3.64. The molecule has 0 spiro atoms. The van der Waals surface area contributed by atoms with Crippen molar-refractivity contribution >= 4 is 33.2 Å². The Balaban J connectivity index is 1.80. The summed E-state index contributed by atoms with van der Waals surface area (Å²) in [4.78, 5) is 12.2. The largest absolute Gasteiger partial charge is 0.493 e. The second kappa shape index (κ2) is 11.3. The third-order valence-electron chi connectivity index (χ3n) is 4.16. The van der Waals surface area contributed by atoms with E-state index in [0.717, 1.165) is 11.3 Å². The molecule has 0 saturated heterocycles. The first-order chi connectivity index (χ1) is 14.2. The van der Waals surface area contributed by atoms with Crippen molar-refractivity contribution in [3.05, 3.63) is 53.1 Å². The maximum Gasteiger partial charge on any atom is 0.240 e. The molecule has 1 amide bonds. The van der Waals surface area contributed by atoms with E-state index in [1.165, 1.54) is 19.2 Å². The molecule has 0 aliphatic rings. The van der Waals surface area contributed by atoms with Crippen LogP contribution in [0.4, 0.5) is 5.69 Å².